The van der Waals surface area contributed by atoms with E-state index in [-0.39, 0.29) is 6.61 Å². The van der Waals surface area contributed by atoms with E-state index in [1.807, 2.05) is 18.2 Å². The van der Waals surface area contributed by atoms with Crippen LogP contribution in [-0.2, 0) is 0 Å². The molecule has 0 bridgehead atoms. The van der Waals surface area contributed by atoms with Gasteiger partial charge in [-0.2, -0.15) is 0 Å². The standard InChI is InChI=1S/C13H20BN3O/c14-12-4-1-5-13(16-12)17-8-2-3-11(6-9-17)15-7-10-18/h1,4-5,11,15,18H,2-3,6-10H2. The van der Waals surface area contributed by atoms with Gasteiger partial charge in [-0.1, -0.05) is 12.1 Å². The second-order valence-electron chi connectivity index (χ2n) is 4.71. The molecule has 2 heterocycles. The van der Waals surface area contributed by atoms with Crippen molar-refractivity contribution in [3.63, 3.8) is 0 Å². The van der Waals surface area contributed by atoms with Gasteiger partial charge in [-0.15, -0.1) is 0 Å². The molecule has 96 valence electrons. The number of aliphatic hydroxyl groups is 1. The fourth-order valence-corrected chi connectivity index (χ4v) is 2.41. The molecule has 2 N–H and O–H groups in total. The molecule has 0 spiro atoms. The van der Waals surface area contributed by atoms with Crippen LogP contribution in [0.4, 0.5) is 5.82 Å². The Kier molecular flexibility index (Phi) is 5.02. The first kappa shape index (κ1) is 13.4. The van der Waals surface area contributed by atoms with Crippen molar-refractivity contribution in [2.45, 2.75) is 25.3 Å². The molecular weight excluding hydrogens is 225 g/mol. The van der Waals surface area contributed by atoms with Crippen molar-refractivity contribution in [2.75, 3.05) is 31.1 Å². The average Bonchev–Trinajstić information content (AvgIpc) is 2.62. The van der Waals surface area contributed by atoms with Crippen molar-refractivity contribution in [1.82, 2.24) is 10.3 Å². The second-order valence-corrected chi connectivity index (χ2v) is 4.71. The molecule has 1 fully saturated rings. The number of nitrogens with one attached hydrogen (secondary N) is 1. The zero-order chi connectivity index (χ0) is 12.8. The maximum Gasteiger partial charge on any atom is 0.141 e. The van der Waals surface area contributed by atoms with Crippen molar-refractivity contribution in [2.24, 2.45) is 0 Å². The molecule has 2 rings (SSSR count). The number of aromatic nitrogens is 1. The van der Waals surface area contributed by atoms with Gasteiger partial charge in [-0.05, 0) is 30.9 Å². The molecule has 2 radical (unpaired) electrons. The quantitative estimate of drug-likeness (QED) is 0.722. The highest BCUT2D eigenvalue weighted by molar-refractivity contribution is 6.30. The summed E-state index contributed by atoms with van der Waals surface area (Å²) in [5.74, 6) is 0.970. The van der Waals surface area contributed by atoms with Crippen LogP contribution in [0.15, 0.2) is 18.2 Å². The number of hydrogen-bond donors (Lipinski definition) is 2. The first-order chi connectivity index (χ1) is 8.79. The smallest absolute Gasteiger partial charge is 0.141 e. The molecule has 4 nitrogen and oxygen atoms in total. The van der Waals surface area contributed by atoms with Gasteiger partial charge in [0.05, 0.1) is 6.61 Å². The summed E-state index contributed by atoms with van der Waals surface area (Å²) in [6, 6.07) is 6.28. The average molecular weight is 245 g/mol. The normalized spacial score (nSPS) is 20.7. The number of pyridine rings is 1. The number of aliphatic hydroxyl groups excluding tert-OH is 1. The van der Waals surface area contributed by atoms with Gasteiger partial charge in [0.25, 0.3) is 0 Å². The molecule has 0 aliphatic carbocycles. The second kappa shape index (κ2) is 6.76. The lowest BCUT2D eigenvalue weighted by molar-refractivity contribution is 0.281. The lowest BCUT2D eigenvalue weighted by Gasteiger charge is -2.22. The van der Waals surface area contributed by atoms with Crippen LogP contribution in [0.1, 0.15) is 19.3 Å². The Balaban J connectivity index is 1.92. The summed E-state index contributed by atoms with van der Waals surface area (Å²) >= 11 is 0. The SMILES string of the molecule is [B]c1cccc(N2CCCC(NCCO)CC2)n1. The highest BCUT2D eigenvalue weighted by Crippen LogP contribution is 2.16. The van der Waals surface area contributed by atoms with Crippen LogP contribution in [0.5, 0.6) is 0 Å². The Morgan fingerprint density at radius 2 is 2.28 bits per heavy atom. The van der Waals surface area contributed by atoms with Crippen molar-refractivity contribution >= 4 is 19.3 Å². The molecular formula is C13H20BN3O. The number of nitrogens with zero attached hydrogens (tertiary/aromatic N) is 2. The molecule has 1 aromatic heterocycles. The molecule has 0 aromatic carbocycles. The van der Waals surface area contributed by atoms with Crippen LogP contribution in [0.2, 0.25) is 0 Å². The number of anilines is 1. The molecule has 0 saturated carbocycles. The molecule has 18 heavy (non-hydrogen) atoms. The summed E-state index contributed by atoms with van der Waals surface area (Å²) in [6.45, 7) is 2.89. The van der Waals surface area contributed by atoms with Crippen LogP contribution >= 0.6 is 0 Å². The van der Waals surface area contributed by atoms with Crippen LogP contribution in [-0.4, -0.2) is 50.2 Å². The number of hydrogen-bond acceptors (Lipinski definition) is 4. The van der Waals surface area contributed by atoms with E-state index in [0.29, 0.717) is 18.2 Å². The third-order valence-corrected chi connectivity index (χ3v) is 3.35. The zero-order valence-electron chi connectivity index (χ0n) is 10.7. The van der Waals surface area contributed by atoms with Gasteiger partial charge in [0.1, 0.15) is 13.7 Å². The third-order valence-electron chi connectivity index (χ3n) is 3.35. The fraction of sp³-hybridized carbons (Fsp3) is 0.615. The topological polar surface area (TPSA) is 48.4 Å². The van der Waals surface area contributed by atoms with E-state index >= 15 is 0 Å². The van der Waals surface area contributed by atoms with Gasteiger partial charge >= 0.3 is 0 Å². The lowest BCUT2D eigenvalue weighted by atomic mass is 10.0. The van der Waals surface area contributed by atoms with Crippen LogP contribution < -0.4 is 15.8 Å². The summed E-state index contributed by atoms with van der Waals surface area (Å²) in [7, 11) is 5.72. The molecule has 1 saturated heterocycles. The zero-order valence-corrected chi connectivity index (χ0v) is 10.7. The summed E-state index contributed by atoms with van der Waals surface area (Å²) in [6.07, 6.45) is 3.37. The third kappa shape index (κ3) is 3.72. The Morgan fingerprint density at radius 1 is 1.39 bits per heavy atom. The monoisotopic (exact) mass is 245 g/mol. The van der Waals surface area contributed by atoms with E-state index < -0.39 is 0 Å². The Labute approximate surface area is 110 Å². The van der Waals surface area contributed by atoms with Crippen LogP contribution in [0.25, 0.3) is 0 Å². The maximum absolute atomic E-state index is 8.83. The van der Waals surface area contributed by atoms with Gasteiger partial charge in [0.15, 0.2) is 0 Å². The van der Waals surface area contributed by atoms with Crippen LogP contribution in [0, 0.1) is 0 Å². The highest BCUT2D eigenvalue weighted by Gasteiger charge is 2.17. The largest absolute Gasteiger partial charge is 0.395 e. The minimum atomic E-state index is 0.205. The van der Waals surface area contributed by atoms with E-state index in [2.05, 4.69) is 15.2 Å². The van der Waals surface area contributed by atoms with Crippen molar-refractivity contribution in [1.29, 1.82) is 0 Å². The summed E-state index contributed by atoms with van der Waals surface area (Å²) in [5, 5.41) is 12.2. The maximum atomic E-state index is 8.83. The molecule has 1 aromatic rings. The number of rotatable bonds is 4. The van der Waals surface area contributed by atoms with E-state index in [1.165, 1.54) is 0 Å². The van der Waals surface area contributed by atoms with Gasteiger partial charge in [-0.25, -0.2) is 4.98 Å². The summed E-state index contributed by atoms with van der Waals surface area (Å²) < 4.78 is 0. The fourth-order valence-electron chi connectivity index (χ4n) is 2.41. The van der Waals surface area contributed by atoms with Crippen LogP contribution in [0.3, 0.4) is 0 Å². The minimum Gasteiger partial charge on any atom is -0.395 e. The van der Waals surface area contributed by atoms with E-state index in [9.17, 15) is 0 Å². The first-order valence-corrected chi connectivity index (χ1v) is 6.61. The van der Waals surface area contributed by atoms with Crippen molar-refractivity contribution < 1.29 is 5.11 Å². The van der Waals surface area contributed by atoms with Gasteiger partial charge in [-0.3, -0.25) is 0 Å². The van der Waals surface area contributed by atoms with Crippen molar-refractivity contribution in [3.8, 4) is 0 Å². The summed E-state index contributed by atoms with van der Waals surface area (Å²) in [5.41, 5.74) is 0.576. The summed E-state index contributed by atoms with van der Waals surface area (Å²) in [4.78, 5) is 6.66. The van der Waals surface area contributed by atoms with E-state index in [0.717, 1.165) is 38.2 Å². The molecule has 1 aliphatic rings. The first-order valence-electron chi connectivity index (χ1n) is 6.61. The van der Waals surface area contributed by atoms with Crippen molar-refractivity contribution in [3.05, 3.63) is 18.2 Å². The Hall–Kier alpha value is -1.07. The lowest BCUT2D eigenvalue weighted by Crippen LogP contribution is -2.33. The van der Waals surface area contributed by atoms with E-state index in [1.54, 1.807) is 0 Å². The molecule has 1 aliphatic heterocycles. The van der Waals surface area contributed by atoms with Gasteiger partial charge in [0.2, 0.25) is 0 Å². The molecule has 1 unspecified atom stereocenters. The van der Waals surface area contributed by atoms with Gasteiger partial charge < -0.3 is 15.3 Å². The predicted molar refractivity (Wildman–Crippen MR) is 74.6 cm³/mol. The molecule has 0 amide bonds. The minimum absolute atomic E-state index is 0.205. The highest BCUT2D eigenvalue weighted by atomic mass is 16.3. The molecule has 1 atom stereocenters. The predicted octanol–water partition coefficient (Wildman–Crippen LogP) is -0.184. The van der Waals surface area contributed by atoms with E-state index in [4.69, 9.17) is 13.0 Å². The van der Waals surface area contributed by atoms with Gasteiger partial charge in [0, 0.05) is 25.7 Å². The molecule has 5 heteroatoms. The Bertz CT molecular complexity index is 375. The Morgan fingerprint density at radius 3 is 3.06 bits per heavy atom.